The molecule has 5 nitrogen and oxygen atoms in total. The summed E-state index contributed by atoms with van der Waals surface area (Å²) in [7, 11) is 0. The minimum Gasteiger partial charge on any atom is -0.493 e. The van der Waals surface area contributed by atoms with Crippen LogP contribution < -0.4 is 10.5 Å². The number of aliphatic carboxylic acids is 1. The Kier molecular flexibility index (Phi) is 8.30. The maximum absolute atomic E-state index is 10.7. The highest BCUT2D eigenvalue weighted by molar-refractivity contribution is 5.73. The lowest BCUT2D eigenvalue weighted by Gasteiger charge is -2.12. The monoisotopic (exact) mass is 317 g/mol. The van der Waals surface area contributed by atoms with Gasteiger partial charge in [0.1, 0.15) is 5.75 Å². The molecule has 1 aromatic rings. The van der Waals surface area contributed by atoms with Gasteiger partial charge in [-0.3, -0.25) is 9.59 Å². The van der Waals surface area contributed by atoms with Gasteiger partial charge in [0.05, 0.1) is 6.61 Å². The Morgan fingerprint density at radius 3 is 2.83 bits per heavy atom. The van der Waals surface area contributed by atoms with Crippen LogP contribution in [0, 0.1) is 17.8 Å². The molecule has 1 aromatic carbocycles. The zero-order valence-electron chi connectivity index (χ0n) is 13.4. The summed E-state index contributed by atoms with van der Waals surface area (Å²) in [6.07, 6.45) is 2.32. The Bertz CT molecular complexity index is 586. The highest BCUT2D eigenvalue weighted by atomic mass is 16.5. The number of benzene rings is 1. The SMILES string of the molecule is C[C@@H](CCC(N)=O)COc1cccc(C#CCCCC(=O)O)c1. The average molecular weight is 317 g/mol. The lowest BCUT2D eigenvalue weighted by Crippen LogP contribution is -2.15. The van der Waals surface area contributed by atoms with Crippen LogP contribution in [0.15, 0.2) is 24.3 Å². The quantitative estimate of drug-likeness (QED) is 0.541. The number of primary amides is 1. The fourth-order valence-corrected chi connectivity index (χ4v) is 1.87. The Morgan fingerprint density at radius 1 is 1.35 bits per heavy atom. The molecule has 124 valence electrons. The van der Waals surface area contributed by atoms with Crippen molar-refractivity contribution in [1.82, 2.24) is 0 Å². The predicted octanol–water partition coefficient (Wildman–Crippen LogP) is 2.57. The first-order valence-electron chi connectivity index (χ1n) is 7.69. The Hall–Kier alpha value is -2.48. The van der Waals surface area contributed by atoms with Crippen molar-refractivity contribution in [3.8, 4) is 17.6 Å². The van der Waals surface area contributed by atoms with Crippen LogP contribution in [0.1, 0.15) is 44.6 Å². The minimum atomic E-state index is -0.798. The van der Waals surface area contributed by atoms with Crippen molar-refractivity contribution in [2.45, 2.75) is 39.0 Å². The number of amides is 1. The van der Waals surface area contributed by atoms with E-state index in [1.807, 2.05) is 31.2 Å². The molecule has 3 N–H and O–H groups in total. The van der Waals surface area contributed by atoms with E-state index in [4.69, 9.17) is 15.6 Å². The van der Waals surface area contributed by atoms with Gasteiger partial charge < -0.3 is 15.6 Å². The third-order valence-corrected chi connectivity index (χ3v) is 3.18. The largest absolute Gasteiger partial charge is 0.493 e. The summed E-state index contributed by atoms with van der Waals surface area (Å²) in [5, 5.41) is 8.55. The van der Waals surface area contributed by atoms with Gasteiger partial charge in [0.25, 0.3) is 0 Å². The van der Waals surface area contributed by atoms with Gasteiger partial charge in [-0.2, -0.15) is 0 Å². The number of rotatable bonds is 9. The highest BCUT2D eigenvalue weighted by Crippen LogP contribution is 2.15. The first-order chi connectivity index (χ1) is 11.0. The summed E-state index contributed by atoms with van der Waals surface area (Å²) >= 11 is 0. The van der Waals surface area contributed by atoms with E-state index in [0.29, 0.717) is 32.3 Å². The van der Waals surface area contributed by atoms with E-state index >= 15 is 0 Å². The van der Waals surface area contributed by atoms with Gasteiger partial charge in [-0.1, -0.05) is 24.8 Å². The summed E-state index contributed by atoms with van der Waals surface area (Å²) in [5.74, 6) is 5.84. The van der Waals surface area contributed by atoms with Gasteiger partial charge in [0.15, 0.2) is 0 Å². The summed E-state index contributed by atoms with van der Waals surface area (Å²) in [6, 6.07) is 7.46. The van der Waals surface area contributed by atoms with Gasteiger partial charge in [-0.05, 0) is 37.0 Å². The molecule has 0 fully saturated rings. The second kappa shape index (κ2) is 10.3. The molecule has 0 aliphatic carbocycles. The van der Waals surface area contributed by atoms with Crippen molar-refractivity contribution in [3.63, 3.8) is 0 Å². The van der Waals surface area contributed by atoms with Crippen LogP contribution in [0.2, 0.25) is 0 Å². The number of carbonyl (C=O) groups is 2. The maximum atomic E-state index is 10.7. The van der Waals surface area contributed by atoms with E-state index in [0.717, 1.165) is 11.3 Å². The first kappa shape index (κ1) is 18.6. The molecular weight excluding hydrogens is 294 g/mol. The summed E-state index contributed by atoms with van der Waals surface area (Å²) in [4.78, 5) is 21.1. The Labute approximate surface area is 136 Å². The second-order valence-corrected chi connectivity index (χ2v) is 5.50. The van der Waals surface area contributed by atoms with E-state index in [1.165, 1.54) is 0 Å². The summed E-state index contributed by atoms with van der Waals surface area (Å²) < 4.78 is 5.70. The number of nitrogens with two attached hydrogens (primary N) is 1. The van der Waals surface area contributed by atoms with Crippen LogP contribution in [0.25, 0.3) is 0 Å². The molecule has 0 spiro atoms. The van der Waals surface area contributed by atoms with Gasteiger partial charge >= 0.3 is 5.97 Å². The molecule has 0 aliphatic rings. The Morgan fingerprint density at radius 2 is 2.13 bits per heavy atom. The third kappa shape index (κ3) is 9.20. The van der Waals surface area contributed by atoms with E-state index in [2.05, 4.69) is 11.8 Å². The summed E-state index contributed by atoms with van der Waals surface area (Å²) in [5.41, 5.74) is 5.96. The van der Waals surface area contributed by atoms with Crippen molar-refractivity contribution >= 4 is 11.9 Å². The normalized spacial score (nSPS) is 11.2. The molecule has 1 rings (SSSR count). The number of unbranched alkanes of at least 4 members (excludes halogenated alkanes) is 1. The molecule has 0 radical (unpaired) electrons. The van der Waals surface area contributed by atoms with Crippen LogP contribution in [0.3, 0.4) is 0 Å². The van der Waals surface area contributed by atoms with E-state index in [1.54, 1.807) is 0 Å². The number of ether oxygens (including phenoxy) is 1. The molecule has 0 unspecified atom stereocenters. The minimum absolute atomic E-state index is 0.140. The standard InChI is InChI=1S/C18H23NO4/c1-14(10-11-17(19)20)13-23-16-8-5-7-15(12-16)6-3-2-4-9-18(21)22/h5,7-8,12,14H,2,4,9-11,13H2,1H3,(H2,19,20)(H,21,22)/t14-/m0/s1. The van der Waals surface area contributed by atoms with Crippen LogP contribution in [-0.2, 0) is 9.59 Å². The van der Waals surface area contributed by atoms with Crippen molar-refractivity contribution < 1.29 is 19.4 Å². The van der Waals surface area contributed by atoms with Crippen LogP contribution in [-0.4, -0.2) is 23.6 Å². The van der Waals surface area contributed by atoms with Gasteiger partial charge in [0.2, 0.25) is 5.91 Å². The lowest BCUT2D eigenvalue weighted by molar-refractivity contribution is -0.137. The van der Waals surface area contributed by atoms with Crippen molar-refractivity contribution in [2.75, 3.05) is 6.61 Å². The molecule has 0 saturated carbocycles. The predicted molar refractivity (Wildman–Crippen MR) is 87.9 cm³/mol. The topological polar surface area (TPSA) is 89.6 Å². The maximum Gasteiger partial charge on any atom is 0.303 e. The molecule has 0 aromatic heterocycles. The number of carboxylic acids is 1. The van der Waals surface area contributed by atoms with E-state index in [9.17, 15) is 9.59 Å². The summed E-state index contributed by atoms with van der Waals surface area (Å²) in [6.45, 7) is 2.53. The molecule has 1 amide bonds. The smallest absolute Gasteiger partial charge is 0.303 e. The number of hydrogen-bond acceptors (Lipinski definition) is 3. The zero-order chi connectivity index (χ0) is 17.1. The molecular formula is C18H23NO4. The van der Waals surface area contributed by atoms with Crippen molar-refractivity contribution in [1.29, 1.82) is 0 Å². The number of carbonyl (C=O) groups excluding carboxylic acids is 1. The molecule has 0 heterocycles. The first-order valence-corrected chi connectivity index (χ1v) is 7.69. The van der Waals surface area contributed by atoms with Gasteiger partial charge in [-0.25, -0.2) is 0 Å². The molecule has 5 heteroatoms. The number of carboxylic acid groups (broad SMARTS) is 1. The van der Waals surface area contributed by atoms with Crippen molar-refractivity contribution in [3.05, 3.63) is 29.8 Å². The van der Waals surface area contributed by atoms with Gasteiger partial charge in [0, 0.05) is 24.8 Å². The van der Waals surface area contributed by atoms with Crippen LogP contribution in [0.4, 0.5) is 0 Å². The highest BCUT2D eigenvalue weighted by Gasteiger charge is 2.05. The molecule has 0 aliphatic heterocycles. The van der Waals surface area contributed by atoms with Crippen LogP contribution >= 0.6 is 0 Å². The lowest BCUT2D eigenvalue weighted by atomic mass is 10.1. The van der Waals surface area contributed by atoms with Crippen LogP contribution in [0.5, 0.6) is 5.75 Å². The fourth-order valence-electron chi connectivity index (χ4n) is 1.87. The van der Waals surface area contributed by atoms with E-state index < -0.39 is 5.97 Å². The fraction of sp³-hybridized carbons (Fsp3) is 0.444. The zero-order valence-corrected chi connectivity index (χ0v) is 13.4. The van der Waals surface area contributed by atoms with Gasteiger partial charge in [-0.15, -0.1) is 0 Å². The molecule has 23 heavy (non-hydrogen) atoms. The average Bonchev–Trinajstić information content (AvgIpc) is 2.50. The third-order valence-electron chi connectivity index (χ3n) is 3.18. The number of hydrogen-bond donors (Lipinski definition) is 2. The Balaban J connectivity index is 2.42. The molecule has 1 atom stereocenters. The molecule has 0 saturated heterocycles. The van der Waals surface area contributed by atoms with Crippen molar-refractivity contribution in [2.24, 2.45) is 11.7 Å². The second-order valence-electron chi connectivity index (χ2n) is 5.50. The molecule has 0 bridgehead atoms. The van der Waals surface area contributed by atoms with E-state index in [-0.39, 0.29) is 18.2 Å².